The normalized spacial score (nSPS) is 17.1. The Morgan fingerprint density at radius 3 is 2.79 bits per heavy atom. The molecule has 2 rings (SSSR count). The van der Waals surface area contributed by atoms with Gasteiger partial charge in [-0.2, -0.15) is 0 Å². The summed E-state index contributed by atoms with van der Waals surface area (Å²) in [5, 5.41) is 4.58. The predicted molar refractivity (Wildman–Crippen MR) is 61.3 cm³/mol. The molecule has 0 saturated heterocycles. The smallest absolute Gasteiger partial charge is 0.0613 e. The molecule has 0 saturated carbocycles. The van der Waals surface area contributed by atoms with Crippen molar-refractivity contribution < 1.29 is 0 Å². The minimum absolute atomic E-state index is 0.613. The lowest BCUT2D eigenvalue weighted by Gasteiger charge is -2.12. The minimum Gasteiger partial charge on any atom is -0.383 e. The number of rotatable bonds is 0. The molecule has 0 atom stereocenters. The van der Waals surface area contributed by atoms with Gasteiger partial charge in [0, 0.05) is 25.3 Å². The summed E-state index contributed by atoms with van der Waals surface area (Å²) in [7, 11) is 2.10. The number of anilines is 1. The maximum absolute atomic E-state index is 5.97. The molecule has 1 aromatic carbocycles. The average molecular weight is 231 g/mol. The van der Waals surface area contributed by atoms with Crippen LogP contribution in [-0.4, -0.2) is 25.0 Å². The van der Waals surface area contributed by atoms with Gasteiger partial charge in [-0.05, 0) is 24.7 Å². The summed E-state index contributed by atoms with van der Waals surface area (Å²) in [4.78, 5) is 2.25. The van der Waals surface area contributed by atoms with Crippen LogP contribution in [0.5, 0.6) is 0 Å². The fraction of sp³-hybridized carbons (Fsp3) is 0.400. The van der Waals surface area contributed by atoms with Crippen molar-refractivity contribution in [3.8, 4) is 0 Å². The Bertz CT molecular complexity index is 352. The molecule has 4 heteroatoms. The van der Waals surface area contributed by atoms with Crippen LogP contribution in [0.15, 0.2) is 12.1 Å². The number of hydrogen-bond donors (Lipinski definition) is 1. The number of likely N-dealkylation sites (N-methyl/N-ethyl adjacent to an activating group) is 1. The molecule has 2 nitrogen and oxygen atoms in total. The molecule has 1 aromatic rings. The maximum Gasteiger partial charge on any atom is 0.0613 e. The molecule has 1 aliphatic heterocycles. The molecule has 0 aromatic heterocycles. The Kier molecular flexibility index (Phi) is 2.86. The van der Waals surface area contributed by atoms with E-state index in [1.165, 1.54) is 5.56 Å². The van der Waals surface area contributed by atoms with Gasteiger partial charge in [-0.3, -0.25) is 0 Å². The van der Waals surface area contributed by atoms with E-state index in [0.717, 1.165) is 25.3 Å². The molecule has 0 bridgehead atoms. The van der Waals surface area contributed by atoms with Crippen molar-refractivity contribution in [3.63, 3.8) is 0 Å². The van der Waals surface area contributed by atoms with Gasteiger partial charge in [0.15, 0.2) is 0 Å². The summed E-state index contributed by atoms with van der Waals surface area (Å²) < 4.78 is 0. The average Bonchev–Trinajstić information content (AvgIpc) is 2.28. The van der Waals surface area contributed by atoms with E-state index in [9.17, 15) is 0 Å². The summed E-state index contributed by atoms with van der Waals surface area (Å²) in [6.07, 6.45) is 0. The van der Waals surface area contributed by atoms with Crippen molar-refractivity contribution in [1.29, 1.82) is 0 Å². The third-order valence-corrected chi connectivity index (χ3v) is 3.12. The summed E-state index contributed by atoms with van der Waals surface area (Å²) >= 11 is 11.9. The molecule has 0 aliphatic carbocycles. The molecule has 1 heterocycles. The third kappa shape index (κ3) is 1.97. The first-order valence-electron chi connectivity index (χ1n) is 4.57. The molecule has 0 spiro atoms. The van der Waals surface area contributed by atoms with E-state index in [4.69, 9.17) is 23.2 Å². The topological polar surface area (TPSA) is 15.3 Å². The molecule has 1 N–H and O–H groups in total. The lowest BCUT2D eigenvalue weighted by Crippen LogP contribution is -2.20. The predicted octanol–water partition coefficient (Wildman–Crippen LogP) is 2.85. The first kappa shape index (κ1) is 10.1. The van der Waals surface area contributed by atoms with Crippen LogP contribution >= 0.6 is 23.2 Å². The Labute approximate surface area is 93.8 Å². The van der Waals surface area contributed by atoms with Gasteiger partial charge in [0.1, 0.15) is 0 Å². The fourth-order valence-corrected chi connectivity index (χ4v) is 1.98. The SMILES string of the molecule is CN1CCNc2cc(Cl)c(Cl)cc2C1. The molecule has 0 unspecified atom stereocenters. The summed E-state index contributed by atoms with van der Waals surface area (Å²) in [6.45, 7) is 2.89. The second-order valence-corrected chi connectivity index (χ2v) is 4.40. The summed E-state index contributed by atoms with van der Waals surface area (Å²) in [5.74, 6) is 0. The van der Waals surface area contributed by atoms with Gasteiger partial charge in [0.25, 0.3) is 0 Å². The van der Waals surface area contributed by atoms with Crippen LogP contribution < -0.4 is 5.32 Å². The van der Waals surface area contributed by atoms with Crippen molar-refractivity contribution in [2.45, 2.75) is 6.54 Å². The van der Waals surface area contributed by atoms with Gasteiger partial charge in [-0.25, -0.2) is 0 Å². The molecule has 0 radical (unpaired) electrons. The van der Waals surface area contributed by atoms with E-state index in [2.05, 4.69) is 17.3 Å². The number of nitrogens with zero attached hydrogens (tertiary/aromatic N) is 1. The van der Waals surface area contributed by atoms with Crippen molar-refractivity contribution in [2.24, 2.45) is 0 Å². The third-order valence-electron chi connectivity index (χ3n) is 2.40. The van der Waals surface area contributed by atoms with Crippen molar-refractivity contribution in [3.05, 3.63) is 27.7 Å². The van der Waals surface area contributed by atoms with Gasteiger partial charge in [0.05, 0.1) is 10.0 Å². The zero-order valence-electron chi connectivity index (χ0n) is 7.98. The highest BCUT2D eigenvalue weighted by atomic mass is 35.5. The maximum atomic E-state index is 5.97. The summed E-state index contributed by atoms with van der Waals surface area (Å²) in [6, 6.07) is 3.84. The lowest BCUT2D eigenvalue weighted by atomic mass is 10.2. The van der Waals surface area contributed by atoms with Crippen LogP contribution in [0.2, 0.25) is 10.0 Å². The van der Waals surface area contributed by atoms with Gasteiger partial charge in [-0.15, -0.1) is 0 Å². The fourth-order valence-electron chi connectivity index (χ4n) is 1.63. The first-order valence-corrected chi connectivity index (χ1v) is 5.33. The monoisotopic (exact) mass is 230 g/mol. The molecule has 14 heavy (non-hydrogen) atoms. The van der Waals surface area contributed by atoms with Crippen LogP contribution in [0.25, 0.3) is 0 Å². The number of hydrogen-bond acceptors (Lipinski definition) is 2. The molecule has 0 amide bonds. The second-order valence-electron chi connectivity index (χ2n) is 3.59. The molecular formula is C10H12Cl2N2. The molecular weight excluding hydrogens is 219 g/mol. The van der Waals surface area contributed by atoms with Gasteiger partial charge in [-0.1, -0.05) is 23.2 Å². The van der Waals surface area contributed by atoms with Crippen molar-refractivity contribution in [1.82, 2.24) is 4.90 Å². The Morgan fingerprint density at radius 2 is 2.00 bits per heavy atom. The van der Waals surface area contributed by atoms with Crippen molar-refractivity contribution in [2.75, 3.05) is 25.5 Å². The van der Waals surface area contributed by atoms with Crippen LogP contribution in [0.3, 0.4) is 0 Å². The number of nitrogens with one attached hydrogen (secondary N) is 1. The van der Waals surface area contributed by atoms with Gasteiger partial charge >= 0.3 is 0 Å². The summed E-state index contributed by atoms with van der Waals surface area (Å²) in [5.41, 5.74) is 2.31. The van der Waals surface area contributed by atoms with Crippen molar-refractivity contribution >= 4 is 28.9 Å². The zero-order chi connectivity index (χ0) is 10.1. The number of fused-ring (bicyclic) bond motifs is 1. The number of halogens is 2. The minimum atomic E-state index is 0.613. The van der Waals surface area contributed by atoms with Crippen LogP contribution in [0.4, 0.5) is 5.69 Å². The van der Waals surface area contributed by atoms with E-state index in [1.807, 2.05) is 12.1 Å². The van der Waals surface area contributed by atoms with Gasteiger partial charge < -0.3 is 10.2 Å². The number of benzene rings is 1. The Morgan fingerprint density at radius 1 is 1.29 bits per heavy atom. The highest BCUT2D eigenvalue weighted by molar-refractivity contribution is 6.42. The molecule has 76 valence electrons. The molecule has 0 fully saturated rings. The zero-order valence-corrected chi connectivity index (χ0v) is 9.49. The van der Waals surface area contributed by atoms with E-state index in [-0.39, 0.29) is 0 Å². The highest BCUT2D eigenvalue weighted by Gasteiger charge is 2.12. The van der Waals surface area contributed by atoms with Crippen LogP contribution in [0, 0.1) is 0 Å². The standard InChI is InChI=1S/C10H12Cl2N2/c1-14-3-2-13-10-5-9(12)8(11)4-7(10)6-14/h4-5,13H,2-3,6H2,1H3. The largest absolute Gasteiger partial charge is 0.383 e. The Hall–Kier alpha value is -0.440. The first-order chi connectivity index (χ1) is 6.66. The van der Waals surface area contributed by atoms with Crippen LogP contribution in [0.1, 0.15) is 5.56 Å². The van der Waals surface area contributed by atoms with E-state index >= 15 is 0 Å². The quantitative estimate of drug-likeness (QED) is 0.738. The Balaban J connectivity index is 2.41. The van der Waals surface area contributed by atoms with E-state index in [0.29, 0.717) is 10.0 Å². The van der Waals surface area contributed by atoms with E-state index in [1.54, 1.807) is 0 Å². The second kappa shape index (κ2) is 3.97. The highest BCUT2D eigenvalue weighted by Crippen LogP contribution is 2.30. The van der Waals surface area contributed by atoms with Gasteiger partial charge in [0.2, 0.25) is 0 Å². The van der Waals surface area contributed by atoms with E-state index < -0.39 is 0 Å². The molecule has 1 aliphatic rings. The van der Waals surface area contributed by atoms with Crippen LogP contribution in [-0.2, 0) is 6.54 Å². The lowest BCUT2D eigenvalue weighted by molar-refractivity contribution is 0.346.